The molecule has 0 amide bonds. The minimum absolute atomic E-state index is 0.0150. The minimum Gasteiger partial charge on any atom is -0.455 e. The van der Waals surface area contributed by atoms with E-state index < -0.39 is 0 Å². The maximum Gasteiger partial charge on any atom is 0.143 e. The molecule has 2 nitrogen and oxygen atoms in total. The molecule has 0 aliphatic heterocycles. The Morgan fingerprint density at radius 1 is 0.400 bits per heavy atom. The summed E-state index contributed by atoms with van der Waals surface area (Å²) in [4.78, 5) is 2.43. The van der Waals surface area contributed by atoms with Crippen molar-refractivity contribution < 1.29 is 4.42 Å². The summed E-state index contributed by atoms with van der Waals surface area (Å²) in [5.41, 5.74) is 24.1. The number of anilines is 3. The summed E-state index contributed by atoms with van der Waals surface area (Å²) in [5, 5.41) is 4.93. The molecule has 0 N–H and O–H groups in total. The molecule has 0 saturated heterocycles. The third kappa shape index (κ3) is 6.12. The Labute approximate surface area is 409 Å². The molecule has 1 aromatic heterocycles. The van der Waals surface area contributed by atoms with E-state index in [4.69, 9.17) is 4.42 Å². The summed E-state index contributed by atoms with van der Waals surface area (Å²) >= 11 is 0. The van der Waals surface area contributed by atoms with E-state index >= 15 is 0 Å². The van der Waals surface area contributed by atoms with E-state index in [1.54, 1.807) is 0 Å². The monoisotopic (exact) mass is 895 g/mol. The molecule has 1 unspecified atom stereocenters. The minimum atomic E-state index is -0.182. The van der Waals surface area contributed by atoms with Crippen LogP contribution in [0.15, 0.2) is 235 Å². The average molecular weight is 896 g/mol. The van der Waals surface area contributed by atoms with Crippen LogP contribution in [0.1, 0.15) is 43.9 Å². The van der Waals surface area contributed by atoms with Crippen LogP contribution in [0.4, 0.5) is 17.1 Å². The highest BCUT2D eigenvalue weighted by molar-refractivity contribution is 6.18. The summed E-state index contributed by atoms with van der Waals surface area (Å²) in [6, 6.07) is 76.5. The van der Waals surface area contributed by atoms with E-state index in [0.717, 1.165) is 56.5 Å². The molecule has 11 aromatic rings. The fraction of sp³-hybridized carbons (Fsp3) is 0.0882. The predicted octanol–water partition coefficient (Wildman–Crippen LogP) is 18.9. The van der Waals surface area contributed by atoms with Crippen LogP contribution in [-0.2, 0) is 10.8 Å². The number of hydrogen-bond donors (Lipinski definition) is 0. The summed E-state index contributed by atoms with van der Waals surface area (Å²) in [5.74, 6) is 0. The fourth-order valence-corrected chi connectivity index (χ4v) is 12.1. The second-order valence-electron chi connectivity index (χ2n) is 20.2. The van der Waals surface area contributed by atoms with Crippen LogP contribution < -0.4 is 4.90 Å². The number of allylic oxidation sites excluding steroid dienone is 4. The van der Waals surface area contributed by atoms with E-state index in [1.807, 2.05) is 12.1 Å². The number of para-hydroxylation sites is 2. The molecular weight excluding hydrogens is 847 g/mol. The quantitative estimate of drug-likeness (QED) is 0.158. The Kier molecular flexibility index (Phi) is 8.86. The highest BCUT2D eigenvalue weighted by Gasteiger charge is 2.38. The van der Waals surface area contributed by atoms with Gasteiger partial charge in [0, 0.05) is 44.2 Å². The molecule has 1 heterocycles. The van der Waals surface area contributed by atoms with Crippen molar-refractivity contribution in [1.29, 1.82) is 0 Å². The summed E-state index contributed by atoms with van der Waals surface area (Å²) in [7, 11) is 0. The van der Waals surface area contributed by atoms with Crippen LogP contribution in [0.3, 0.4) is 0 Å². The van der Waals surface area contributed by atoms with Crippen molar-refractivity contribution in [2.75, 3.05) is 4.90 Å². The molecule has 0 saturated carbocycles. The second kappa shape index (κ2) is 15.3. The van der Waals surface area contributed by atoms with E-state index in [2.05, 4.69) is 244 Å². The summed E-state index contributed by atoms with van der Waals surface area (Å²) < 4.78 is 6.40. The van der Waals surface area contributed by atoms with Gasteiger partial charge >= 0.3 is 0 Å². The zero-order chi connectivity index (χ0) is 46.7. The molecule has 10 aromatic carbocycles. The molecule has 3 aliphatic rings. The lowest BCUT2D eigenvalue weighted by molar-refractivity contribution is 0.593. The van der Waals surface area contributed by atoms with Crippen molar-refractivity contribution in [3.8, 4) is 66.8 Å². The van der Waals surface area contributed by atoms with Gasteiger partial charge in [-0.25, -0.2) is 0 Å². The first-order chi connectivity index (χ1) is 34.3. The molecule has 3 aliphatic carbocycles. The van der Waals surface area contributed by atoms with Gasteiger partial charge in [-0.1, -0.05) is 209 Å². The fourth-order valence-electron chi connectivity index (χ4n) is 12.1. The van der Waals surface area contributed by atoms with Gasteiger partial charge in [-0.05, 0) is 138 Å². The van der Waals surface area contributed by atoms with Gasteiger partial charge in [0.15, 0.2) is 0 Å². The van der Waals surface area contributed by atoms with E-state index in [0.29, 0.717) is 0 Å². The number of benzene rings is 10. The number of hydrogen-bond acceptors (Lipinski definition) is 2. The van der Waals surface area contributed by atoms with Crippen molar-refractivity contribution >= 4 is 49.8 Å². The Balaban J connectivity index is 0.839. The van der Waals surface area contributed by atoms with E-state index in [-0.39, 0.29) is 10.8 Å². The Bertz CT molecular complexity index is 3960. The third-order valence-electron chi connectivity index (χ3n) is 15.9. The predicted molar refractivity (Wildman–Crippen MR) is 294 cm³/mol. The van der Waals surface area contributed by atoms with Gasteiger partial charge in [0.1, 0.15) is 11.2 Å². The van der Waals surface area contributed by atoms with Gasteiger partial charge in [0.05, 0.1) is 0 Å². The van der Waals surface area contributed by atoms with Gasteiger partial charge in [-0.2, -0.15) is 0 Å². The van der Waals surface area contributed by atoms with Crippen LogP contribution in [0.25, 0.3) is 99.5 Å². The van der Waals surface area contributed by atoms with Crippen molar-refractivity contribution in [1.82, 2.24) is 0 Å². The largest absolute Gasteiger partial charge is 0.455 e. The van der Waals surface area contributed by atoms with Crippen LogP contribution >= 0.6 is 0 Å². The zero-order valence-corrected chi connectivity index (χ0v) is 39.5. The Hall–Kier alpha value is -8.46. The molecule has 0 bridgehead atoms. The van der Waals surface area contributed by atoms with Crippen LogP contribution in [0.5, 0.6) is 0 Å². The SMILES string of the molecule is CC1(c2ccc3c(c2)C(C)(C)c2cc(N(c4ccc(-c5ccc(-c6cccc7c6oc6ccccc67)cc5)cc4)c4ccc(-c5ccc6c7c(cccc57)-c5ccccc5-6)cc4)ccc2-3)C=CC=CC1. The number of furan rings is 1. The zero-order valence-electron chi connectivity index (χ0n) is 39.5. The first-order valence-electron chi connectivity index (χ1n) is 24.6. The van der Waals surface area contributed by atoms with E-state index in [1.165, 1.54) is 83.1 Å². The van der Waals surface area contributed by atoms with Gasteiger partial charge in [-0.3, -0.25) is 0 Å². The molecule has 14 rings (SSSR count). The standard InChI is InChI=1S/C68H49NO/c1-67(2)62-41-47(68(3)39-9-4-10-40-68)29-35-55(62)56-36-34-50(42-63(56)67)69(49-32-27-45(28-33-49)51-37-38-60-54-14-6-5-13-53(54)59-18-12-17-58(51)65(59)60)48-30-25-44(26-31-48)43-21-23-46(24-22-43)52-16-11-19-61-57-15-7-8-20-64(57)70-66(52)61/h4-39,41-42H,40H2,1-3H3. The lowest BCUT2D eigenvalue weighted by Crippen LogP contribution is -2.21. The molecule has 0 radical (unpaired) electrons. The third-order valence-corrected chi connectivity index (χ3v) is 15.9. The smallest absolute Gasteiger partial charge is 0.143 e. The van der Waals surface area contributed by atoms with Gasteiger partial charge in [0.25, 0.3) is 0 Å². The van der Waals surface area contributed by atoms with Crippen molar-refractivity contribution in [2.24, 2.45) is 0 Å². The Morgan fingerprint density at radius 3 is 1.66 bits per heavy atom. The Morgan fingerprint density at radius 2 is 0.929 bits per heavy atom. The van der Waals surface area contributed by atoms with Crippen molar-refractivity contribution in [2.45, 2.75) is 38.0 Å². The highest BCUT2D eigenvalue weighted by Crippen LogP contribution is 2.53. The van der Waals surface area contributed by atoms with Gasteiger partial charge < -0.3 is 9.32 Å². The van der Waals surface area contributed by atoms with E-state index in [9.17, 15) is 0 Å². The van der Waals surface area contributed by atoms with Crippen LogP contribution in [-0.4, -0.2) is 0 Å². The lowest BCUT2D eigenvalue weighted by Gasteiger charge is -2.30. The number of rotatable bonds is 7. The maximum atomic E-state index is 6.40. The second-order valence-corrected chi connectivity index (χ2v) is 20.2. The maximum absolute atomic E-state index is 6.40. The van der Waals surface area contributed by atoms with Crippen molar-refractivity contribution in [3.05, 3.63) is 247 Å². The molecular formula is C68H49NO. The molecule has 2 heteroatoms. The first-order valence-corrected chi connectivity index (χ1v) is 24.6. The molecule has 0 spiro atoms. The topological polar surface area (TPSA) is 16.4 Å². The lowest BCUT2D eigenvalue weighted by atomic mass is 9.74. The molecule has 70 heavy (non-hydrogen) atoms. The van der Waals surface area contributed by atoms with Crippen LogP contribution in [0, 0.1) is 0 Å². The molecule has 0 fully saturated rings. The van der Waals surface area contributed by atoms with Gasteiger partial charge in [0.2, 0.25) is 0 Å². The number of fused-ring (bicyclic) bond motifs is 9. The summed E-state index contributed by atoms with van der Waals surface area (Å²) in [6.45, 7) is 7.16. The van der Waals surface area contributed by atoms with Crippen molar-refractivity contribution in [3.63, 3.8) is 0 Å². The van der Waals surface area contributed by atoms with Gasteiger partial charge in [-0.15, -0.1) is 0 Å². The molecule has 1 atom stereocenters. The average Bonchev–Trinajstić information content (AvgIpc) is 4.03. The number of nitrogens with zero attached hydrogens (tertiary/aromatic N) is 1. The van der Waals surface area contributed by atoms with Crippen LogP contribution in [0.2, 0.25) is 0 Å². The molecule has 332 valence electrons. The normalized spacial score (nSPS) is 15.9. The summed E-state index contributed by atoms with van der Waals surface area (Å²) in [6.07, 6.45) is 10.0. The highest BCUT2D eigenvalue weighted by atomic mass is 16.3. The first kappa shape index (κ1) is 40.6.